The summed E-state index contributed by atoms with van der Waals surface area (Å²) in [5.74, 6) is 0. The Morgan fingerprint density at radius 2 is 1.79 bits per heavy atom. The van der Waals surface area contributed by atoms with E-state index in [1.54, 1.807) is 0 Å². The van der Waals surface area contributed by atoms with E-state index in [0.717, 1.165) is 18.5 Å². The molecule has 0 aromatic heterocycles. The highest BCUT2D eigenvalue weighted by Crippen LogP contribution is 2.24. The van der Waals surface area contributed by atoms with Crippen LogP contribution >= 0.6 is 0 Å². The van der Waals surface area contributed by atoms with E-state index in [2.05, 4.69) is 39.8 Å². The topological polar surface area (TPSA) is 26.0 Å². The van der Waals surface area contributed by atoms with Crippen LogP contribution in [0.2, 0.25) is 0 Å². The van der Waals surface area contributed by atoms with Gasteiger partial charge in [0.25, 0.3) is 0 Å². The molecule has 1 aromatic rings. The Labute approximate surface area is 87.3 Å². The molecule has 0 saturated heterocycles. The van der Waals surface area contributed by atoms with Crippen molar-refractivity contribution < 1.29 is 0 Å². The normalized spacial score (nSPS) is 11.7. The first-order chi connectivity index (χ1) is 6.42. The number of rotatable bonds is 2. The zero-order valence-corrected chi connectivity index (χ0v) is 9.72. The maximum Gasteiger partial charge on any atom is 0.0316 e. The van der Waals surface area contributed by atoms with Crippen LogP contribution in [0.25, 0.3) is 0 Å². The Balaban J connectivity index is 2.99. The average molecular weight is 191 g/mol. The minimum atomic E-state index is 0.331. The number of anilines is 1. The molecule has 0 atom stereocenters. The van der Waals surface area contributed by atoms with Crippen molar-refractivity contribution in [2.45, 2.75) is 40.5 Å². The van der Waals surface area contributed by atoms with Crippen LogP contribution in [-0.2, 0) is 12.8 Å². The van der Waals surface area contributed by atoms with Gasteiger partial charge in [-0.25, -0.2) is 0 Å². The summed E-state index contributed by atoms with van der Waals surface area (Å²) >= 11 is 0. The molecular formula is C13H21N. The number of hydrogen-bond donors (Lipinski definition) is 1. The van der Waals surface area contributed by atoms with Crippen LogP contribution in [0.15, 0.2) is 18.2 Å². The Morgan fingerprint density at radius 1 is 1.14 bits per heavy atom. The van der Waals surface area contributed by atoms with E-state index in [9.17, 15) is 0 Å². The summed E-state index contributed by atoms with van der Waals surface area (Å²) in [5, 5.41) is 0. The maximum absolute atomic E-state index is 5.80. The molecule has 0 radical (unpaired) electrons. The zero-order valence-electron chi connectivity index (χ0n) is 9.72. The van der Waals surface area contributed by atoms with Crippen LogP contribution in [-0.4, -0.2) is 0 Å². The summed E-state index contributed by atoms with van der Waals surface area (Å²) < 4.78 is 0. The molecule has 78 valence electrons. The quantitative estimate of drug-likeness (QED) is 0.712. The molecule has 1 rings (SSSR count). The van der Waals surface area contributed by atoms with Gasteiger partial charge < -0.3 is 5.73 Å². The maximum atomic E-state index is 5.80. The molecule has 0 aliphatic rings. The summed E-state index contributed by atoms with van der Waals surface area (Å²) in [6.07, 6.45) is 2.19. The van der Waals surface area contributed by atoms with Crippen molar-refractivity contribution in [3.63, 3.8) is 0 Å². The predicted octanol–water partition coefficient (Wildman–Crippen LogP) is 3.42. The molecule has 0 fully saturated rings. The highest BCUT2D eigenvalue weighted by atomic mass is 14.5. The van der Waals surface area contributed by atoms with E-state index in [0.29, 0.717) is 5.41 Å². The number of nitrogen functional groups attached to an aromatic ring is 1. The van der Waals surface area contributed by atoms with Gasteiger partial charge in [0, 0.05) is 5.69 Å². The van der Waals surface area contributed by atoms with E-state index in [1.165, 1.54) is 11.1 Å². The van der Waals surface area contributed by atoms with Crippen molar-refractivity contribution in [3.8, 4) is 0 Å². The third-order valence-corrected chi connectivity index (χ3v) is 2.33. The van der Waals surface area contributed by atoms with Crippen molar-refractivity contribution in [1.29, 1.82) is 0 Å². The number of aryl methyl sites for hydroxylation is 1. The number of nitrogens with two attached hydrogens (primary N) is 1. The predicted molar refractivity (Wildman–Crippen MR) is 63.4 cm³/mol. The molecule has 0 bridgehead atoms. The van der Waals surface area contributed by atoms with Gasteiger partial charge in [-0.1, -0.05) is 33.8 Å². The lowest BCUT2D eigenvalue weighted by Gasteiger charge is -2.20. The molecule has 0 aliphatic carbocycles. The second kappa shape index (κ2) is 4.04. The third-order valence-electron chi connectivity index (χ3n) is 2.33. The molecular weight excluding hydrogens is 170 g/mol. The Kier molecular flexibility index (Phi) is 3.20. The number of benzene rings is 1. The number of hydrogen-bond acceptors (Lipinski definition) is 1. The lowest BCUT2D eigenvalue weighted by atomic mass is 9.85. The molecule has 0 unspecified atom stereocenters. The van der Waals surface area contributed by atoms with Crippen LogP contribution in [0.3, 0.4) is 0 Å². The lowest BCUT2D eigenvalue weighted by molar-refractivity contribution is 0.410. The first-order valence-corrected chi connectivity index (χ1v) is 5.29. The van der Waals surface area contributed by atoms with Gasteiger partial charge in [-0.05, 0) is 41.5 Å². The third kappa shape index (κ3) is 3.06. The smallest absolute Gasteiger partial charge is 0.0316 e. The van der Waals surface area contributed by atoms with Gasteiger partial charge >= 0.3 is 0 Å². The fraction of sp³-hybridized carbons (Fsp3) is 0.538. The largest absolute Gasteiger partial charge is 0.399 e. The molecule has 0 saturated carbocycles. The molecule has 1 heteroatoms. The van der Waals surface area contributed by atoms with Crippen LogP contribution < -0.4 is 5.73 Å². The molecule has 1 nitrogen and oxygen atoms in total. The lowest BCUT2D eigenvalue weighted by Crippen LogP contribution is -2.11. The van der Waals surface area contributed by atoms with Crippen LogP contribution in [0, 0.1) is 5.41 Å². The highest BCUT2D eigenvalue weighted by molar-refractivity contribution is 5.45. The summed E-state index contributed by atoms with van der Waals surface area (Å²) in [6.45, 7) is 8.97. The van der Waals surface area contributed by atoms with Crippen molar-refractivity contribution >= 4 is 5.69 Å². The van der Waals surface area contributed by atoms with Gasteiger partial charge in [0.15, 0.2) is 0 Å². The summed E-state index contributed by atoms with van der Waals surface area (Å²) in [7, 11) is 0. The van der Waals surface area contributed by atoms with E-state index < -0.39 is 0 Å². The fourth-order valence-electron chi connectivity index (χ4n) is 1.73. The zero-order chi connectivity index (χ0) is 10.8. The van der Waals surface area contributed by atoms with E-state index in [-0.39, 0.29) is 0 Å². The Bertz CT molecular complexity index is 308. The molecule has 0 aliphatic heterocycles. The fourth-order valence-corrected chi connectivity index (χ4v) is 1.73. The molecule has 2 N–H and O–H groups in total. The van der Waals surface area contributed by atoms with Gasteiger partial charge in [0.1, 0.15) is 0 Å². The van der Waals surface area contributed by atoms with Crippen molar-refractivity contribution in [3.05, 3.63) is 29.3 Å². The van der Waals surface area contributed by atoms with Crippen LogP contribution in [0.4, 0.5) is 5.69 Å². The summed E-state index contributed by atoms with van der Waals surface area (Å²) in [4.78, 5) is 0. The molecule has 14 heavy (non-hydrogen) atoms. The minimum Gasteiger partial charge on any atom is -0.399 e. The monoisotopic (exact) mass is 191 g/mol. The van der Waals surface area contributed by atoms with Gasteiger partial charge in [-0.3, -0.25) is 0 Å². The van der Waals surface area contributed by atoms with Gasteiger partial charge in [0.05, 0.1) is 0 Å². The van der Waals surface area contributed by atoms with E-state index >= 15 is 0 Å². The molecule has 1 aromatic carbocycles. The SMILES string of the molecule is CCc1ccc(N)cc1CC(C)(C)C. The van der Waals surface area contributed by atoms with Gasteiger partial charge in [-0.2, -0.15) is 0 Å². The van der Waals surface area contributed by atoms with Crippen molar-refractivity contribution in [2.75, 3.05) is 5.73 Å². The summed E-state index contributed by atoms with van der Waals surface area (Å²) in [6, 6.07) is 6.26. The first-order valence-electron chi connectivity index (χ1n) is 5.29. The molecule has 0 amide bonds. The second-order valence-electron chi connectivity index (χ2n) is 5.12. The molecule has 0 heterocycles. The van der Waals surface area contributed by atoms with Gasteiger partial charge in [-0.15, -0.1) is 0 Å². The summed E-state index contributed by atoms with van der Waals surface area (Å²) in [5.41, 5.74) is 9.84. The Hall–Kier alpha value is -0.980. The van der Waals surface area contributed by atoms with Crippen molar-refractivity contribution in [1.82, 2.24) is 0 Å². The van der Waals surface area contributed by atoms with E-state index in [1.807, 2.05) is 6.07 Å². The average Bonchev–Trinajstić information content (AvgIpc) is 2.01. The first kappa shape index (κ1) is 11.1. The standard InChI is InChI=1S/C13H21N/c1-5-10-6-7-12(14)8-11(10)9-13(2,3)4/h6-8H,5,9,14H2,1-4H3. The van der Waals surface area contributed by atoms with Crippen molar-refractivity contribution in [2.24, 2.45) is 5.41 Å². The Morgan fingerprint density at radius 3 is 2.29 bits per heavy atom. The minimum absolute atomic E-state index is 0.331. The highest BCUT2D eigenvalue weighted by Gasteiger charge is 2.13. The second-order valence-corrected chi connectivity index (χ2v) is 5.12. The molecule has 0 spiro atoms. The van der Waals surface area contributed by atoms with Crippen LogP contribution in [0.5, 0.6) is 0 Å². The van der Waals surface area contributed by atoms with E-state index in [4.69, 9.17) is 5.73 Å². The van der Waals surface area contributed by atoms with Crippen LogP contribution in [0.1, 0.15) is 38.8 Å². The van der Waals surface area contributed by atoms with Gasteiger partial charge in [0.2, 0.25) is 0 Å².